The van der Waals surface area contributed by atoms with Crippen LogP contribution in [0.3, 0.4) is 0 Å². The smallest absolute Gasteiger partial charge is 0.840 e. The van der Waals surface area contributed by atoms with Crippen molar-refractivity contribution in [2.75, 3.05) is 26.3 Å². The second kappa shape index (κ2) is 9.25. The summed E-state index contributed by atoms with van der Waals surface area (Å²) in [5, 5.41) is -0.544. The molecule has 1 saturated carbocycles. The van der Waals surface area contributed by atoms with Crippen molar-refractivity contribution in [3.63, 3.8) is 0 Å². The molecule has 0 aromatic rings. The van der Waals surface area contributed by atoms with Crippen molar-refractivity contribution >= 4 is 8.38 Å². The average Bonchev–Trinajstić information content (AvgIpc) is 2.31. The van der Waals surface area contributed by atoms with E-state index in [0.717, 1.165) is 38.8 Å². The van der Waals surface area contributed by atoms with Crippen LogP contribution in [0.15, 0.2) is 0 Å². The number of hydrogen-bond acceptors (Lipinski definition) is 4. The van der Waals surface area contributed by atoms with Crippen molar-refractivity contribution in [1.29, 1.82) is 0 Å². The minimum absolute atomic E-state index is 0. The van der Waals surface area contributed by atoms with E-state index in [1.807, 2.05) is 0 Å². The van der Waals surface area contributed by atoms with E-state index in [9.17, 15) is 9.79 Å². The Morgan fingerprint density at radius 3 is 1.94 bits per heavy atom. The minimum Gasteiger partial charge on any atom is -0.840 e. The molecule has 1 saturated heterocycles. The van der Waals surface area contributed by atoms with Crippen LogP contribution in [0, 0.1) is 0 Å². The van der Waals surface area contributed by atoms with Crippen molar-refractivity contribution < 1.29 is 73.6 Å². The Hall–Kier alpha value is 2.27. The topological polar surface area (TPSA) is 58.6 Å². The van der Waals surface area contributed by atoms with E-state index in [4.69, 9.17) is 4.74 Å². The summed E-state index contributed by atoms with van der Waals surface area (Å²) in [5.41, 5.74) is 0. The van der Waals surface area contributed by atoms with E-state index in [1.54, 1.807) is 0 Å². The first kappa shape index (κ1) is 19.3. The standard InChI is InChI=1S/C10H18NO3P.2Na/c12-15(13)10(4-2-1-3-5-10)11-6-8-14-9-7-11;;/h1-9H2;;/q-2;2*+1. The molecule has 88 valence electrons. The maximum Gasteiger partial charge on any atom is 1.00 e. The Morgan fingerprint density at radius 1 is 0.941 bits per heavy atom. The van der Waals surface area contributed by atoms with E-state index in [0.29, 0.717) is 13.2 Å². The van der Waals surface area contributed by atoms with Gasteiger partial charge in [0.2, 0.25) is 0 Å². The van der Waals surface area contributed by atoms with Crippen molar-refractivity contribution in [3.8, 4) is 0 Å². The van der Waals surface area contributed by atoms with E-state index >= 15 is 0 Å². The zero-order valence-corrected chi connectivity index (χ0v) is 15.9. The van der Waals surface area contributed by atoms with Crippen LogP contribution in [0.2, 0.25) is 0 Å². The third kappa shape index (κ3) is 4.64. The monoisotopic (exact) mass is 277 g/mol. The normalized spacial score (nSPS) is 24.9. The summed E-state index contributed by atoms with van der Waals surface area (Å²) < 4.78 is 5.28. The molecule has 1 heterocycles. The van der Waals surface area contributed by atoms with Crippen LogP contribution in [-0.2, 0) is 4.74 Å². The zero-order chi connectivity index (χ0) is 10.7. The molecule has 0 bridgehead atoms. The van der Waals surface area contributed by atoms with E-state index in [2.05, 4.69) is 4.90 Å². The van der Waals surface area contributed by atoms with Gasteiger partial charge in [-0.3, -0.25) is 13.3 Å². The molecule has 2 rings (SSSR count). The van der Waals surface area contributed by atoms with Gasteiger partial charge < -0.3 is 14.5 Å². The third-order valence-corrected chi connectivity index (χ3v) is 5.00. The summed E-state index contributed by atoms with van der Waals surface area (Å²) >= 11 is 0. The van der Waals surface area contributed by atoms with Gasteiger partial charge >= 0.3 is 59.1 Å². The molecule has 1 aliphatic heterocycles. The zero-order valence-electron chi connectivity index (χ0n) is 11.0. The van der Waals surface area contributed by atoms with E-state index < -0.39 is 13.7 Å². The molecule has 0 unspecified atom stereocenters. The predicted octanol–water partition coefficient (Wildman–Crippen LogP) is -5.98. The largest absolute Gasteiger partial charge is 1.00 e. The van der Waals surface area contributed by atoms with Gasteiger partial charge in [0.25, 0.3) is 0 Å². The van der Waals surface area contributed by atoms with Gasteiger partial charge in [-0.2, -0.15) is 0 Å². The average molecular weight is 277 g/mol. The number of nitrogens with zero attached hydrogens (tertiary/aromatic N) is 1. The van der Waals surface area contributed by atoms with Gasteiger partial charge in [0.1, 0.15) is 0 Å². The fourth-order valence-corrected chi connectivity index (χ4v) is 3.82. The molecule has 17 heavy (non-hydrogen) atoms. The summed E-state index contributed by atoms with van der Waals surface area (Å²) in [6, 6.07) is 0. The van der Waals surface area contributed by atoms with Crippen LogP contribution in [0.5, 0.6) is 0 Å². The van der Waals surface area contributed by atoms with E-state index in [-0.39, 0.29) is 59.1 Å². The Bertz CT molecular complexity index is 210. The van der Waals surface area contributed by atoms with Gasteiger partial charge in [-0.1, -0.05) is 19.3 Å². The summed E-state index contributed by atoms with van der Waals surface area (Å²) in [5.74, 6) is 0. The van der Waals surface area contributed by atoms with Crippen LogP contribution < -0.4 is 68.9 Å². The molecule has 7 heteroatoms. The van der Waals surface area contributed by atoms with E-state index in [1.165, 1.54) is 6.42 Å². The SMILES string of the molecule is [Na+].[Na+].[O-]P([O-])C1(N2CCOCC2)CCCCC1. The fourth-order valence-electron chi connectivity index (χ4n) is 2.71. The molecular weight excluding hydrogens is 259 g/mol. The van der Waals surface area contributed by atoms with Crippen LogP contribution in [0.25, 0.3) is 0 Å². The number of rotatable bonds is 2. The molecule has 0 N–H and O–H groups in total. The number of ether oxygens (including phenoxy) is 1. The first-order valence-corrected chi connectivity index (χ1v) is 6.91. The molecule has 0 spiro atoms. The van der Waals surface area contributed by atoms with Crippen molar-refractivity contribution in [2.24, 2.45) is 0 Å². The van der Waals surface area contributed by atoms with Crippen molar-refractivity contribution in [3.05, 3.63) is 0 Å². The number of hydrogen-bond donors (Lipinski definition) is 0. The molecular formula is C10H18NNa2O3P. The predicted molar refractivity (Wildman–Crippen MR) is 55.1 cm³/mol. The molecule has 1 aliphatic carbocycles. The third-order valence-electron chi connectivity index (χ3n) is 3.59. The van der Waals surface area contributed by atoms with Gasteiger partial charge in [-0.25, -0.2) is 0 Å². The molecule has 4 nitrogen and oxygen atoms in total. The Balaban J connectivity index is 0.00000128. The van der Waals surface area contributed by atoms with Crippen molar-refractivity contribution in [1.82, 2.24) is 4.90 Å². The Kier molecular flexibility index (Phi) is 10.5. The summed E-state index contributed by atoms with van der Waals surface area (Å²) in [6.45, 7) is 2.88. The van der Waals surface area contributed by atoms with Gasteiger partial charge in [0.15, 0.2) is 0 Å². The second-order valence-electron chi connectivity index (χ2n) is 4.40. The maximum atomic E-state index is 11.5. The van der Waals surface area contributed by atoms with Gasteiger partial charge in [-0.15, -0.1) is 0 Å². The van der Waals surface area contributed by atoms with Gasteiger partial charge in [0.05, 0.1) is 13.2 Å². The Labute approximate surface area is 149 Å². The number of morpholine rings is 1. The molecule has 0 aromatic heterocycles. The summed E-state index contributed by atoms with van der Waals surface area (Å²) in [4.78, 5) is 25.2. The molecule has 0 aromatic carbocycles. The second-order valence-corrected chi connectivity index (χ2v) is 5.75. The first-order chi connectivity index (χ1) is 7.26. The molecule has 2 aliphatic rings. The Morgan fingerprint density at radius 2 is 1.47 bits per heavy atom. The quantitative estimate of drug-likeness (QED) is 0.372. The molecule has 0 amide bonds. The minimum atomic E-state index is -2.36. The molecule has 0 atom stereocenters. The van der Waals surface area contributed by atoms with Crippen LogP contribution in [0.1, 0.15) is 32.1 Å². The van der Waals surface area contributed by atoms with Crippen LogP contribution in [-0.4, -0.2) is 36.5 Å². The van der Waals surface area contributed by atoms with Crippen LogP contribution in [0.4, 0.5) is 0 Å². The maximum absolute atomic E-state index is 11.5. The van der Waals surface area contributed by atoms with Gasteiger partial charge in [-0.05, 0) is 12.8 Å². The molecule has 2 fully saturated rings. The van der Waals surface area contributed by atoms with Crippen molar-refractivity contribution in [2.45, 2.75) is 37.4 Å². The molecule has 0 radical (unpaired) electrons. The van der Waals surface area contributed by atoms with Gasteiger partial charge in [0, 0.05) is 18.4 Å². The summed E-state index contributed by atoms with van der Waals surface area (Å²) in [6.07, 6.45) is 4.88. The summed E-state index contributed by atoms with van der Waals surface area (Å²) in [7, 11) is -2.36. The van der Waals surface area contributed by atoms with Crippen LogP contribution >= 0.6 is 8.38 Å². The first-order valence-electron chi connectivity index (χ1n) is 5.73. The fraction of sp³-hybridized carbons (Fsp3) is 1.00.